The number of phenols is 3. The Bertz CT molecular complexity index is 1120. The van der Waals surface area contributed by atoms with E-state index in [0.717, 1.165) is 29.6 Å². The van der Waals surface area contributed by atoms with Gasteiger partial charge in [-0.3, -0.25) is 4.79 Å². The Morgan fingerprint density at radius 1 is 1.06 bits per heavy atom. The van der Waals surface area contributed by atoms with Crippen LogP contribution in [0.3, 0.4) is 0 Å². The van der Waals surface area contributed by atoms with Gasteiger partial charge in [-0.05, 0) is 71.4 Å². The summed E-state index contributed by atoms with van der Waals surface area (Å²) in [5, 5.41) is 32.3. The zero-order valence-electron chi connectivity index (χ0n) is 20.9. The van der Waals surface area contributed by atoms with E-state index < -0.39 is 5.78 Å². The highest BCUT2D eigenvalue weighted by molar-refractivity contribution is 6.13. The smallest absolute Gasteiger partial charge is 0.200 e. The number of allylic oxidation sites excluding steroid dienone is 4. The first-order valence-electron chi connectivity index (χ1n) is 11.4. The Kier molecular flexibility index (Phi) is 9.13. The summed E-state index contributed by atoms with van der Waals surface area (Å²) in [6, 6.07) is 5.84. The third-order valence-corrected chi connectivity index (χ3v) is 5.91. The van der Waals surface area contributed by atoms with Gasteiger partial charge in [0.15, 0.2) is 0 Å². The fraction of sp³-hybridized carbons (Fsp3) is 0.345. The number of ketones is 1. The number of phenolic OH excluding ortho intramolecular Hbond substituents is 3. The highest BCUT2D eigenvalue weighted by Crippen LogP contribution is 2.46. The minimum Gasteiger partial charge on any atom is -0.508 e. The van der Waals surface area contributed by atoms with E-state index in [1.807, 2.05) is 33.8 Å². The Labute approximate surface area is 202 Å². The monoisotopic (exact) mass is 464 g/mol. The lowest BCUT2D eigenvalue weighted by Gasteiger charge is -2.23. The molecule has 0 radical (unpaired) electrons. The topological polar surface area (TPSA) is 87.0 Å². The molecule has 0 amide bonds. The second kappa shape index (κ2) is 11.6. The standard InChI is InChI=1S/C29H36O5/c1-17(2)11-13-20(19(5)6)16-24-28(33)25(26(31)21-9-8-10-22(30)15-21)27(32)23(29(24)34-7)14-12-18(3)4/h8-10,12,15,20,30,32-33H,1,5,11,13-14,16H2,2-4,6-7H3/t20-/m0/s1. The second-order valence-electron chi connectivity index (χ2n) is 9.17. The molecule has 34 heavy (non-hydrogen) atoms. The van der Waals surface area contributed by atoms with Gasteiger partial charge >= 0.3 is 0 Å². The van der Waals surface area contributed by atoms with Gasteiger partial charge in [-0.1, -0.05) is 41.5 Å². The van der Waals surface area contributed by atoms with Gasteiger partial charge in [-0.25, -0.2) is 0 Å². The number of carbonyl (C=O) groups is 1. The Morgan fingerprint density at radius 3 is 2.24 bits per heavy atom. The summed E-state index contributed by atoms with van der Waals surface area (Å²) in [6.07, 6.45) is 4.23. The molecule has 3 N–H and O–H groups in total. The van der Waals surface area contributed by atoms with Crippen LogP contribution in [0.4, 0.5) is 0 Å². The molecule has 0 aromatic heterocycles. The van der Waals surface area contributed by atoms with Crippen LogP contribution in [0.25, 0.3) is 0 Å². The van der Waals surface area contributed by atoms with Crippen molar-refractivity contribution in [2.75, 3.05) is 7.11 Å². The fourth-order valence-electron chi connectivity index (χ4n) is 3.94. The van der Waals surface area contributed by atoms with Crippen molar-refractivity contribution < 1.29 is 24.9 Å². The summed E-state index contributed by atoms with van der Waals surface area (Å²) in [4.78, 5) is 13.4. The van der Waals surface area contributed by atoms with Crippen LogP contribution in [0.5, 0.6) is 23.0 Å². The van der Waals surface area contributed by atoms with E-state index in [-0.39, 0.29) is 34.3 Å². The van der Waals surface area contributed by atoms with E-state index in [9.17, 15) is 20.1 Å². The van der Waals surface area contributed by atoms with Crippen molar-refractivity contribution in [3.63, 3.8) is 0 Å². The van der Waals surface area contributed by atoms with Crippen molar-refractivity contribution in [3.8, 4) is 23.0 Å². The normalized spacial score (nSPS) is 11.6. The summed E-state index contributed by atoms with van der Waals surface area (Å²) >= 11 is 0. The molecule has 0 bridgehead atoms. The molecule has 0 unspecified atom stereocenters. The number of hydrogen-bond donors (Lipinski definition) is 3. The summed E-state index contributed by atoms with van der Waals surface area (Å²) in [5.41, 5.74) is 3.89. The van der Waals surface area contributed by atoms with Crippen LogP contribution in [0, 0.1) is 5.92 Å². The molecule has 0 fully saturated rings. The van der Waals surface area contributed by atoms with Gasteiger partial charge in [0.25, 0.3) is 0 Å². The maximum atomic E-state index is 13.4. The lowest BCUT2D eigenvalue weighted by molar-refractivity contribution is 0.103. The summed E-state index contributed by atoms with van der Waals surface area (Å²) in [7, 11) is 1.49. The van der Waals surface area contributed by atoms with E-state index in [1.54, 1.807) is 6.07 Å². The molecule has 0 aliphatic carbocycles. The third-order valence-electron chi connectivity index (χ3n) is 5.91. The average Bonchev–Trinajstić information content (AvgIpc) is 2.76. The number of methoxy groups -OCH3 is 1. The molecule has 5 nitrogen and oxygen atoms in total. The van der Waals surface area contributed by atoms with Crippen LogP contribution in [0.1, 0.15) is 67.6 Å². The van der Waals surface area contributed by atoms with Crippen molar-refractivity contribution in [2.45, 2.75) is 53.4 Å². The van der Waals surface area contributed by atoms with Crippen LogP contribution in [-0.4, -0.2) is 28.2 Å². The summed E-state index contributed by atoms with van der Waals surface area (Å²) < 4.78 is 5.69. The lowest BCUT2D eigenvalue weighted by atomic mass is 9.84. The average molecular weight is 465 g/mol. The Hall–Kier alpha value is -3.47. The van der Waals surface area contributed by atoms with Crippen LogP contribution in [-0.2, 0) is 12.8 Å². The summed E-state index contributed by atoms with van der Waals surface area (Å²) in [5.74, 6) is -0.918. The molecule has 2 rings (SSSR count). The SMILES string of the molecule is C=C(C)CC[C@@H](Cc1c(O)c(C(=O)c2cccc(O)c2)c(O)c(CC=C(C)C)c1OC)C(=C)C. The van der Waals surface area contributed by atoms with Crippen LogP contribution >= 0.6 is 0 Å². The van der Waals surface area contributed by atoms with Gasteiger partial charge in [-0.15, -0.1) is 6.58 Å². The predicted octanol–water partition coefficient (Wildman–Crippen LogP) is 6.64. The number of carbonyl (C=O) groups excluding carboxylic acids is 1. The largest absolute Gasteiger partial charge is 0.508 e. The van der Waals surface area contributed by atoms with E-state index in [2.05, 4.69) is 13.2 Å². The molecule has 1 atom stereocenters. The quantitative estimate of drug-likeness (QED) is 0.256. The maximum absolute atomic E-state index is 13.4. The molecule has 0 saturated heterocycles. The maximum Gasteiger partial charge on any atom is 0.200 e. The van der Waals surface area contributed by atoms with Gasteiger partial charge in [0.1, 0.15) is 28.6 Å². The van der Waals surface area contributed by atoms with Crippen molar-refractivity contribution in [2.24, 2.45) is 5.92 Å². The van der Waals surface area contributed by atoms with Gasteiger partial charge in [0, 0.05) is 16.7 Å². The zero-order valence-corrected chi connectivity index (χ0v) is 20.9. The van der Waals surface area contributed by atoms with E-state index >= 15 is 0 Å². The Balaban J connectivity index is 2.76. The highest BCUT2D eigenvalue weighted by atomic mass is 16.5. The molecular weight excluding hydrogens is 428 g/mol. The molecule has 2 aromatic carbocycles. The fourth-order valence-corrected chi connectivity index (χ4v) is 3.94. The number of benzene rings is 2. The van der Waals surface area contributed by atoms with Gasteiger partial charge in [0.05, 0.1) is 7.11 Å². The highest BCUT2D eigenvalue weighted by Gasteiger charge is 2.30. The molecule has 5 heteroatoms. The molecule has 0 aliphatic heterocycles. The number of hydrogen-bond acceptors (Lipinski definition) is 5. The first-order chi connectivity index (χ1) is 16.0. The number of ether oxygens (including phenoxy) is 1. The first kappa shape index (κ1) is 26.8. The van der Waals surface area contributed by atoms with Crippen molar-refractivity contribution in [1.82, 2.24) is 0 Å². The first-order valence-corrected chi connectivity index (χ1v) is 11.4. The Morgan fingerprint density at radius 2 is 1.71 bits per heavy atom. The van der Waals surface area contributed by atoms with Gasteiger partial charge < -0.3 is 20.1 Å². The zero-order chi connectivity index (χ0) is 25.6. The molecule has 0 aliphatic rings. The van der Waals surface area contributed by atoms with E-state index in [4.69, 9.17) is 4.74 Å². The number of rotatable bonds is 11. The van der Waals surface area contributed by atoms with Gasteiger partial charge in [-0.2, -0.15) is 0 Å². The van der Waals surface area contributed by atoms with Crippen LogP contribution in [0.2, 0.25) is 0 Å². The summed E-state index contributed by atoms with van der Waals surface area (Å²) in [6.45, 7) is 15.9. The molecule has 0 spiro atoms. The third kappa shape index (κ3) is 6.31. The lowest BCUT2D eigenvalue weighted by Crippen LogP contribution is -2.12. The second-order valence-corrected chi connectivity index (χ2v) is 9.17. The molecule has 2 aromatic rings. The van der Waals surface area contributed by atoms with E-state index in [1.165, 1.54) is 25.3 Å². The van der Waals surface area contributed by atoms with Crippen molar-refractivity contribution in [3.05, 3.63) is 82.5 Å². The molecule has 182 valence electrons. The minimum absolute atomic E-state index is 0.0149. The van der Waals surface area contributed by atoms with Crippen molar-refractivity contribution >= 4 is 5.78 Å². The molecule has 0 saturated carbocycles. The van der Waals surface area contributed by atoms with Crippen molar-refractivity contribution in [1.29, 1.82) is 0 Å². The van der Waals surface area contributed by atoms with Gasteiger partial charge in [0.2, 0.25) is 5.78 Å². The minimum atomic E-state index is -0.581. The molecule has 0 heterocycles. The predicted molar refractivity (Wildman–Crippen MR) is 137 cm³/mol. The van der Waals surface area contributed by atoms with Crippen LogP contribution < -0.4 is 4.74 Å². The van der Waals surface area contributed by atoms with Crippen LogP contribution in [0.15, 0.2) is 60.2 Å². The molecular formula is C29H36O5. The van der Waals surface area contributed by atoms with E-state index in [0.29, 0.717) is 29.7 Å². The number of aromatic hydroxyl groups is 3.